The number of likely N-dealkylation sites (N-methyl/N-ethyl adjacent to an activating group) is 1. The largest absolute Gasteiger partial charge is 0.379 e. The molecule has 2 fully saturated rings. The van der Waals surface area contributed by atoms with Gasteiger partial charge in [0.25, 0.3) is 0 Å². The van der Waals surface area contributed by atoms with Crippen molar-refractivity contribution in [3.8, 4) is 0 Å². The summed E-state index contributed by atoms with van der Waals surface area (Å²) in [5.41, 5.74) is 1.42. The first-order chi connectivity index (χ1) is 15.1. The number of aliphatic imine (C=N–C) groups is 1. The smallest absolute Gasteiger partial charge is 0.243 e. The molecule has 0 unspecified atom stereocenters. The molecule has 2 saturated heterocycles. The molecule has 0 aromatic heterocycles. The van der Waals surface area contributed by atoms with Crippen LogP contribution in [-0.2, 0) is 16.0 Å². The third-order valence-electron chi connectivity index (χ3n) is 6.18. The predicted molar refractivity (Wildman–Crippen MR) is 125 cm³/mol. The number of rotatable bonds is 8. The molecule has 0 aliphatic carbocycles. The van der Waals surface area contributed by atoms with E-state index in [0.29, 0.717) is 5.92 Å². The van der Waals surface area contributed by atoms with Crippen molar-refractivity contribution in [2.45, 2.75) is 25.7 Å². The third-order valence-corrected chi connectivity index (χ3v) is 6.18. The van der Waals surface area contributed by atoms with Crippen LogP contribution >= 0.6 is 0 Å². The van der Waals surface area contributed by atoms with Crippen LogP contribution in [0.1, 0.15) is 24.8 Å². The van der Waals surface area contributed by atoms with Crippen molar-refractivity contribution in [1.82, 2.24) is 20.0 Å². The van der Waals surface area contributed by atoms with Crippen LogP contribution < -0.4 is 5.32 Å². The van der Waals surface area contributed by atoms with Crippen molar-refractivity contribution in [3.05, 3.63) is 35.9 Å². The van der Waals surface area contributed by atoms with E-state index in [2.05, 4.69) is 50.4 Å². The molecule has 7 nitrogen and oxygen atoms in total. The zero-order chi connectivity index (χ0) is 21.9. The Kier molecular flexibility index (Phi) is 9.62. The normalized spacial score (nSPS) is 18.8. The second-order valence-corrected chi connectivity index (χ2v) is 8.78. The first kappa shape index (κ1) is 23.5. The van der Waals surface area contributed by atoms with Gasteiger partial charge in [0.05, 0.1) is 13.2 Å². The van der Waals surface area contributed by atoms with E-state index in [1.54, 1.807) is 19.0 Å². The number of hydrogen-bond acceptors (Lipinski definition) is 4. The third kappa shape index (κ3) is 8.15. The van der Waals surface area contributed by atoms with Gasteiger partial charge in [0.15, 0.2) is 5.96 Å². The van der Waals surface area contributed by atoms with Gasteiger partial charge >= 0.3 is 0 Å². The monoisotopic (exact) mass is 429 g/mol. The molecule has 1 aromatic rings. The van der Waals surface area contributed by atoms with Crippen LogP contribution in [0.25, 0.3) is 0 Å². The van der Waals surface area contributed by atoms with E-state index in [0.717, 1.165) is 84.1 Å². The van der Waals surface area contributed by atoms with E-state index in [4.69, 9.17) is 4.74 Å². The molecule has 2 heterocycles. The molecule has 3 rings (SSSR count). The number of benzene rings is 1. The minimum atomic E-state index is 0.0339. The SMILES string of the molecule is CN(C)C(=O)CN=C(NCCCN1CCOCC1)N1CCC(Cc2ccccc2)CC1. The molecule has 2 aliphatic heterocycles. The van der Waals surface area contributed by atoms with Gasteiger partial charge in [0.2, 0.25) is 5.91 Å². The molecular weight excluding hydrogens is 390 g/mol. The number of hydrogen-bond donors (Lipinski definition) is 1. The quantitative estimate of drug-likeness (QED) is 0.387. The van der Waals surface area contributed by atoms with Crippen molar-refractivity contribution in [1.29, 1.82) is 0 Å². The van der Waals surface area contributed by atoms with Gasteiger partial charge < -0.3 is 19.9 Å². The average Bonchev–Trinajstić information content (AvgIpc) is 2.80. The van der Waals surface area contributed by atoms with Gasteiger partial charge in [-0.1, -0.05) is 30.3 Å². The van der Waals surface area contributed by atoms with E-state index in [1.807, 2.05) is 0 Å². The van der Waals surface area contributed by atoms with Crippen LogP contribution in [-0.4, -0.2) is 99.7 Å². The van der Waals surface area contributed by atoms with Gasteiger partial charge in [0, 0.05) is 46.8 Å². The zero-order valence-electron chi connectivity index (χ0n) is 19.3. The maximum Gasteiger partial charge on any atom is 0.243 e. The summed E-state index contributed by atoms with van der Waals surface area (Å²) in [7, 11) is 3.56. The average molecular weight is 430 g/mol. The highest BCUT2D eigenvalue weighted by Crippen LogP contribution is 2.21. The van der Waals surface area contributed by atoms with Crippen molar-refractivity contribution >= 4 is 11.9 Å². The van der Waals surface area contributed by atoms with Crippen molar-refractivity contribution < 1.29 is 9.53 Å². The fourth-order valence-electron chi connectivity index (χ4n) is 4.18. The van der Waals surface area contributed by atoms with Gasteiger partial charge in [-0.15, -0.1) is 0 Å². The summed E-state index contributed by atoms with van der Waals surface area (Å²) in [4.78, 5) is 23.1. The minimum Gasteiger partial charge on any atom is -0.379 e. The molecular formula is C24H39N5O2. The molecule has 1 N–H and O–H groups in total. The maximum absolute atomic E-state index is 12.1. The summed E-state index contributed by atoms with van der Waals surface area (Å²) in [6.45, 7) is 7.83. The maximum atomic E-state index is 12.1. The van der Waals surface area contributed by atoms with Crippen molar-refractivity contribution in [2.24, 2.45) is 10.9 Å². The predicted octanol–water partition coefficient (Wildman–Crippen LogP) is 1.70. The molecule has 0 radical (unpaired) electrons. The van der Waals surface area contributed by atoms with Crippen molar-refractivity contribution in [2.75, 3.05) is 73.1 Å². The molecule has 2 aliphatic rings. The Morgan fingerprint density at radius 2 is 1.84 bits per heavy atom. The Bertz CT molecular complexity index is 680. The lowest BCUT2D eigenvalue weighted by atomic mass is 9.90. The number of carbonyl (C=O) groups excluding carboxylic acids is 1. The van der Waals surface area contributed by atoms with Gasteiger partial charge in [-0.25, -0.2) is 4.99 Å². The summed E-state index contributed by atoms with van der Waals surface area (Å²) in [5, 5.41) is 3.54. The number of nitrogens with one attached hydrogen (secondary N) is 1. The molecule has 31 heavy (non-hydrogen) atoms. The first-order valence-corrected chi connectivity index (χ1v) is 11.7. The topological polar surface area (TPSA) is 60.4 Å². The molecule has 7 heteroatoms. The number of piperidine rings is 1. The second-order valence-electron chi connectivity index (χ2n) is 8.78. The molecule has 1 amide bonds. The highest BCUT2D eigenvalue weighted by Gasteiger charge is 2.22. The second kappa shape index (κ2) is 12.7. The number of ether oxygens (including phenoxy) is 1. The lowest BCUT2D eigenvalue weighted by molar-refractivity contribution is -0.127. The standard InChI is InChI=1S/C24H39N5O2/c1-27(2)23(30)20-26-24(25-11-6-12-28-15-17-31-18-16-28)29-13-9-22(10-14-29)19-21-7-4-3-5-8-21/h3-5,7-8,22H,6,9-20H2,1-2H3,(H,25,26). The summed E-state index contributed by atoms with van der Waals surface area (Å²) in [6, 6.07) is 10.8. The van der Waals surface area contributed by atoms with Gasteiger partial charge in [-0.2, -0.15) is 0 Å². The molecule has 0 saturated carbocycles. The highest BCUT2D eigenvalue weighted by molar-refractivity contribution is 5.84. The Morgan fingerprint density at radius 3 is 2.52 bits per heavy atom. The molecule has 172 valence electrons. The molecule has 0 atom stereocenters. The Balaban J connectivity index is 1.48. The number of morpholine rings is 1. The number of carbonyl (C=O) groups is 1. The Morgan fingerprint density at radius 1 is 1.13 bits per heavy atom. The van der Waals surface area contributed by atoms with Gasteiger partial charge in [-0.3, -0.25) is 9.69 Å². The fourth-order valence-corrected chi connectivity index (χ4v) is 4.18. The van der Waals surface area contributed by atoms with Crippen LogP contribution in [0.15, 0.2) is 35.3 Å². The number of guanidine groups is 1. The van der Waals surface area contributed by atoms with E-state index < -0.39 is 0 Å². The van der Waals surface area contributed by atoms with Crippen LogP contribution in [0.4, 0.5) is 0 Å². The number of amides is 1. The first-order valence-electron chi connectivity index (χ1n) is 11.7. The lowest BCUT2D eigenvalue weighted by Crippen LogP contribution is -2.47. The molecule has 1 aromatic carbocycles. The van der Waals surface area contributed by atoms with Crippen molar-refractivity contribution in [3.63, 3.8) is 0 Å². The van der Waals surface area contributed by atoms with Gasteiger partial charge in [-0.05, 0) is 43.7 Å². The number of likely N-dealkylation sites (tertiary alicyclic amines) is 1. The fraction of sp³-hybridized carbons (Fsp3) is 0.667. The van der Waals surface area contributed by atoms with Crippen LogP contribution in [0.3, 0.4) is 0 Å². The Hall–Kier alpha value is -2.12. The van der Waals surface area contributed by atoms with Crippen LogP contribution in [0, 0.1) is 5.92 Å². The number of nitrogens with zero attached hydrogens (tertiary/aromatic N) is 4. The van der Waals surface area contributed by atoms with Crippen LogP contribution in [0.2, 0.25) is 0 Å². The van der Waals surface area contributed by atoms with E-state index in [-0.39, 0.29) is 12.5 Å². The van der Waals surface area contributed by atoms with Gasteiger partial charge in [0.1, 0.15) is 6.54 Å². The van der Waals surface area contributed by atoms with Crippen LogP contribution in [0.5, 0.6) is 0 Å². The summed E-state index contributed by atoms with van der Waals surface area (Å²) < 4.78 is 5.42. The Labute approximate surface area is 187 Å². The summed E-state index contributed by atoms with van der Waals surface area (Å²) >= 11 is 0. The highest BCUT2D eigenvalue weighted by atomic mass is 16.5. The lowest BCUT2D eigenvalue weighted by Gasteiger charge is -2.34. The molecule has 0 bridgehead atoms. The minimum absolute atomic E-state index is 0.0339. The summed E-state index contributed by atoms with van der Waals surface area (Å²) in [5.74, 6) is 1.63. The van der Waals surface area contributed by atoms with E-state index in [9.17, 15) is 4.79 Å². The van der Waals surface area contributed by atoms with E-state index in [1.165, 1.54) is 5.56 Å². The summed E-state index contributed by atoms with van der Waals surface area (Å²) in [6.07, 6.45) is 4.52. The van der Waals surface area contributed by atoms with E-state index >= 15 is 0 Å². The zero-order valence-corrected chi connectivity index (χ0v) is 19.3. The molecule has 0 spiro atoms.